The lowest BCUT2D eigenvalue weighted by molar-refractivity contribution is -0.0457. The van der Waals surface area contributed by atoms with Crippen LogP contribution in [0.4, 0.5) is 0 Å². The molecule has 0 radical (unpaired) electrons. The van der Waals surface area contributed by atoms with E-state index in [1.165, 1.54) is 0 Å². The fourth-order valence-electron chi connectivity index (χ4n) is 0.829. The summed E-state index contributed by atoms with van der Waals surface area (Å²) in [5.41, 5.74) is 0. The van der Waals surface area contributed by atoms with E-state index in [1.54, 1.807) is 12.2 Å². The molecule has 0 saturated carbocycles. The van der Waals surface area contributed by atoms with Gasteiger partial charge in [-0.25, -0.2) is 0 Å². The van der Waals surface area contributed by atoms with Crippen molar-refractivity contribution in [3.8, 4) is 0 Å². The van der Waals surface area contributed by atoms with E-state index in [9.17, 15) is 0 Å². The molecule has 1 N–H and O–H groups in total. The van der Waals surface area contributed by atoms with Crippen molar-refractivity contribution >= 4 is 0 Å². The Morgan fingerprint density at radius 2 is 1.53 bits per heavy atom. The van der Waals surface area contributed by atoms with Crippen molar-refractivity contribution in [2.45, 2.75) is 59.7 Å². The Hall–Kier alpha value is -0.640. The van der Waals surface area contributed by atoms with E-state index in [1.807, 2.05) is 27.7 Å². The van der Waals surface area contributed by atoms with E-state index in [-0.39, 0.29) is 18.8 Å². The molecule has 0 aliphatic heterocycles. The zero-order chi connectivity index (χ0) is 15.5. The monoisotopic (exact) mass is 274 g/mol. The molecule has 19 heavy (non-hydrogen) atoms. The Morgan fingerprint density at radius 3 is 1.89 bits per heavy atom. The molecule has 0 spiro atoms. The van der Waals surface area contributed by atoms with Crippen molar-refractivity contribution in [2.24, 2.45) is 0 Å². The highest BCUT2D eigenvalue weighted by Gasteiger charge is 2.05. The van der Waals surface area contributed by atoms with E-state index in [4.69, 9.17) is 14.6 Å². The van der Waals surface area contributed by atoms with Gasteiger partial charge in [-0.2, -0.15) is 0 Å². The van der Waals surface area contributed by atoms with Crippen LogP contribution in [0.15, 0.2) is 25.3 Å². The SMILES string of the molecule is C=CC.C=CC.CCCCOC(C)COC(C)CO. The third-order valence-electron chi connectivity index (χ3n) is 1.77. The van der Waals surface area contributed by atoms with Gasteiger partial charge in [0.15, 0.2) is 0 Å². The lowest BCUT2D eigenvalue weighted by Gasteiger charge is -2.15. The number of unbranched alkanes of at least 4 members (excludes halogenated alkanes) is 1. The Kier molecular flexibility index (Phi) is 27.8. The molecule has 0 bridgehead atoms. The van der Waals surface area contributed by atoms with Crippen LogP contribution in [-0.4, -0.2) is 37.1 Å². The smallest absolute Gasteiger partial charge is 0.0780 e. The Labute approximate surface area is 120 Å². The quantitative estimate of drug-likeness (QED) is 0.537. The molecule has 0 amide bonds. The summed E-state index contributed by atoms with van der Waals surface area (Å²) in [4.78, 5) is 0. The van der Waals surface area contributed by atoms with Crippen LogP contribution in [0.3, 0.4) is 0 Å². The van der Waals surface area contributed by atoms with Crippen molar-refractivity contribution in [2.75, 3.05) is 19.8 Å². The first kappa shape index (κ1) is 23.5. The van der Waals surface area contributed by atoms with Crippen LogP contribution in [0.5, 0.6) is 0 Å². The van der Waals surface area contributed by atoms with Crippen molar-refractivity contribution in [1.29, 1.82) is 0 Å². The second kappa shape index (κ2) is 22.5. The predicted molar refractivity (Wildman–Crippen MR) is 84.6 cm³/mol. The molecule has 3 nitrogen and oxygen atoms in total. The highest BCUT2D eigenvalue weighted by molar-refractivity contribution is 4.52. The molecule has 0 saturated heterocycles. The fraction of sp³-hybridized carbons (Fsp3) is 0.750. The molecular formula is C16H34O3. The largest absolute Gasteiger partial charge is 0.394 e. The van der Waals surface area contributed by atoms with E-state index in [2.05, 4.69) is 20.1 Å². The molecule has 0 aliphatic rings. The van der Waals surface area contributed by atoms with E-state index < -0.39 is 0 Å². The molecule has 0 aromatic heterocycles. The average molecular weight is 274 g/mol. The Balaban J connectivity index is -0.000000360. The second-order valence-electron chi connectivity index (χ2n) is 4.18. The van der Waals surface area contributed by atoms with Crippen LogP contribution in [0.2, 0.25) is 0 Å². The van der Waals surface area contributed by atoms with Gasteiger partial charge >= 0.3 is 0 Å². The minimum absolute atomic E-state index is 0.0711. The zero-order valence-corrected chi connectivity index (χ0v) is 13.5. The van der Waals surface area contributed by atoms with Crippen molar-refractivity contribution in [1.82, 2.24) is 0 Å². The van der Waals surface area contributed by atoms with E-state index in [0.29, 0.717) is 6.61 Å². The standard InChI is InChI=1S/C10H22O3.2C3H6/c1-4-5-6-12-10(3)8-13-9(2)7-11;2*1-3-2/h9-11H,4-8H2,1-3H3;2*3H,1H2,2H3. The van der Waals surface area contributed by atoms with Gasteiger partial charge in [-0.3, -0.25) is 0 Å². The minimum atomic E-state index is -0.0859. The summed E-state index contributed by atoms with van der Waals surface area (Å²) in [6.07, 6.45) is 5.79. The number of rotatable bonds is 8. The zero-order valence-electron chi connectivity index (χ0n) is 13.5. The average Bonchev–Trinajstić information content (AvgIpc) is 2.38. The summed E-state index contributed by atoms with van der Waals surface area (Å²) in [6.45, 7) is 17.9. The summed E-state index contributed by atoms with van der Waals surface area (Å²) >= 11 is 0. The van der Waals surface area contributed by atoms with Crippen LogP contribution in [0, 0.1) is 0 Å². The van der Waals surface area contributed by atoms with Crippen LogP contribution in [0.25, 0.3) is 0 Å². The third kappa shape index (κ3) is 31.7. The number of allylic oxidation sites excluding steroid dienone is 2. The van der Waals surface area contributed by atoms with Gasteiger partial charge in [0.2, 0.25) is 0 Å². The van der Waals surface area contributed by atoms with Gasteiger partial charge in [0, 0.05) is 6.61 Å². The van der Waals surface area contributed by atoms with Crippen molar-refractivity contribution in [3.05, 3.63) is 25.3 Å². The van der Waals surface area contributed by atoms with Crippen LogP contribution in [0.1, 0.15) is 47.5 Å². The Morgan fingerprint density at radius 1 is 1.05 bits per heavy atom. The number of hydrogen-bond acceptors (Lipinski definition) is 3. The van der Waals surface area contributed by atoms with Gasteiger partial charge in [-0.1, -0.05) is 25.5 Å². The molecule has 116 valence electrons. The molecule has 0 heterocycles. The van der Waals surface area contributed by atoms with Gasteiger partial charge in [0.05, 0.1) is 25.4 Å². The number of aliphatic hydroxyl groups is 1. The maximum atomic E-state index is 8.70. The van der Waals surface area contributed by atoms with Gasteiger partial charge in [0.1, 0.15) is 0 Å². The van der Waals surface area contributed by atoms with Crippen LogP contribution in [-0.2, 0) is 9.47 Å². The lowest BCUT2D eigenvalue weighted by Crippen LogP contribution is -2.22. The summed E-state index contributed by atoms with van der Waals surface area (Å²) in [5.74, 6) is 0. The molecule has 0 aliphatic carbocycles. The molecular weight excluding hydrogens is 240 g/mol. The number of ether oxygens (including phenoxy) is 2. The van der Waals surface area contributed by atoms with Gasteiger partial charge in [-0.05, 0) is 34.1 Å². The number of aliphatic hydroxyl groups excluding tert-OH is 1. The van der Waals surface area contributed by atoms with Crippen LogP contribution >= 0.6 is 0 Å². The van der Waals surface area contributed by atoms with Gasteiger partial charge in [-0.15, -0.1) is 13.2 Å². The van der Waals surface area contributed by atoms with Gasteiger partial charge < -0.3 is 14.6 Å². The molecule has 0 aromatic rings. The molecule has 3 heteroatoms. The first-order chi connectivity index (χ1) is 9.03. The molecule has 2 unspecified atom stereocenters. The summed E-state index contributed by atoms with van der Waals surface area (Å²) < 4.78 is 10.8. The molecule has 0 rings (SSSR count). The predicted octanol–water partition coefficient (Wildman–Crippen LogP) is 3.97. The van der Waals surface area contributed by atoms with Crippen LogP contribution < -0.4 is 0 Å². The first-order valence-electron chi connectivity index (χ1n) is 7.01. The first-order valence-corrected chi connectivity index (χ1v) is 7.01. The molecule has 0 fully saturated rings. The summed E-state index contributed by atoms with van der Waals surface area (Å²) in [7, 11) is 0. The minimum Gasteiger partial charge on any atom is -0.394 e. The van der Waals surface area contributed by atoms with E-state index >= 15 is 0 Å². The topological polar surface area (TPSA) is 38.7 Å². The maximum absolute atomic E-state index is 8.70. The Bertz CT molecular complexity index is 163. The van der Waals surface area contributed by atoms with Crippen molar-refractivity contribution < 1.29 is 14.6 Å². The molecule has 2 atom stereocenters. The lowest BCUT2D eigenvalue weighted by atomic mass is 10.3. The van der Waals surface area contributed by atoms with E-state index in [0.717, 1.165) is 19.4 Å². The fourth-order valence-corrected chi connectivity index (χ4v) is 0.829. The highest BCUT2D eigenvalue weighted by Crippen LogP contribution is 1.98. The van der Waals surface area contributed by atoms with Crippen molar-refractivity contribution in [3.63, 3.8) is 0 Å². The summed E-state index contributed by atoms with van der Waals surface area (Å²) in [5, 5.41) is 8.70. The normalized spacial score (nSPS) is 12.1. The third-order valence-corrected chi connectivity index (χ3v) is 1.77. The second-order valence-corrected chi connectivity index (χ2v) is 4.18. The number of hydrogen-bond donors (Lipinski definition) is 1. The highest BCUT2D eigenvalue weighted by atomic mass is 16.5. The maximum Gasteiger partial charge on any atom is 0.0780 e. The molecule has 0 aromatic carbocycles. The van der Waals surface area contributed by atoms with Gasteiger partial charge in [0.25, 0.3) is 0 Å². The summed E-state index contributed by atoms with van der Waals surface area (Å²) in [6, 6.07) is 0.